The summed E-state index contributed by atoms with van der Waals surface area (Å²) < 4.78 is 0. The molecular formula is C20H29ClN4O3. The van der Waals surface area contributed by atoms with Gasteiger partial charge in [0.2, 0.25) is 11.8 Å². The highest BCUT2D eigenvalue weighted by atomic mass is 35.5. The first-order valence-electron chi connectivity index (χ1n) is 9.70. The molecule has 28 heavy (non-hydrogen) atoms. The van der Waals surface area contributed by atoms with Gasteiger partial charge in [-0.3, -0.25) is 14.4 Å². The molecule has 1 unspecified atom stereocenters. The predicted molar refractivity (Wildman–Crippen MR) is 111 cm³/mol. The Balaban J connectivity index is 0.00000280. The molecule has 0 saturated carbocycles. The van der Waals surface area contributed by atoms with Crippen molar-refractivity contribution in [2.45, 2.75) is 45.1 Å². The third-order valence-corrected chi connectivity index (χ3v) is 5.40. The molecule has 2 aliphatic heterocycles. The number of anilines is 1. The Morgan fingerprint density at radius 1 is 1.21 bits per heavy atom. The molecule has 1 fully saturated rings. The molecule has 0 aromatic heterocycles. The number of halogens is 1. The lowest BCUT2D eigenvalue weighted by Crippen LogP contribution is -2.49. The number of nitrogens with one attached hydrogen (secondary N) is 1. The number of benzene rings is 1. The second kappa shape index (κ2) is 9.89. The van der Waals surface area contributed by atoms with E-state index < -0.39 is 0 Å². The second-order valence-electron chi connectivity index (χ2n) is 7.26. The van der Waals surface area contributed by atoms with E-state index in [1.165, 1.54) is 0 Å². The number of likely N-dealkylation sites (tertiary alicyclic amines) is 1. The fourth-order valence-electron chi connectivity index (χ4n) is 3.96. The Hall–Kier alpha value is -2.12. The van der Waals surface area contributed by atoms with Crippen LogP contribution in [-0.2, 0) is 16.0 Å². The highest BCUT2D eigenvalue weighted by molar-refractivity contribution is 5.98. The van der Waals surface area contributed by atoms with Crippen LogP contribution in [0.25, 0.3) is 0 Å². The van der Waals surface area contributed by atoms with Crippen LogP contribution in [0.1, 0.15) is 48.5 Å². The van der Waals surface area contributed by atoms with Crippen LogP contribution in [-0.4, -0.2) is 54.8 Å². The van der Waals surface area contributed by atoms with Crippen molar-refractivity contribution in [3.05, 3.63) is 29.3 Å². The average Bonchev–Trinajstić information content (AvgIpc) is 3.10. The van der Waals surface area contributed by atoms with Crippen molar-refractivity contribution in [2.24, 2.45) is 5.73 Å². The number of nitrogens with two attached hydrogens (primary N) is 1. The maximum Gasteiger partial charge on any atom is 0.254 e. The SMILES string of the molecule is CC(=O)N1CCc2cc(C(=O)N3CCCCC3CNC(=O)CCN)ccc21.Cl. The smallest absolute Gasteiger partial charge is 0.254 e. The van der Waals surface area contributed by atoms with Gasteiger partial charge in [-0.15, -0.1) is 12.4 Å². The van der Waals surface area contributed by atoms with Gasteiger partial charge < -0.3 is 20.9 Å². The number of carbonyl (C=O) groups excluding carboxylic acids is 3. The fourth-order valence-corrected chi connectivity index (χ4v) is 3.96. The number of nitrogens with zero attached hydrogens (tertiary/aromatic N) is 2. The number of piperidine rings is 1. The van der Waals surface area contributed by atoms with Gasteiger partial charge >= 0.3 is 0 Å². The summed E-state index contributed by atoms with van der Waals surface area (Å²) in [5.74, 6) is -0.0497. The van der Waals surface area contributed by atoms with Crippen LogP contribution in [0.5, 0.6) is 0 Å². The maximum absolute atomic E-state index is 13.1. The van der Waals surface area contributed by atoms with Gasteiger partial charge in [0.05, 0.1) is 0 Å². The van der Waals surface area contributed by atoms with Crippen LogP contribution in [0.3, 0.4) is 0 Å². The number of hydrogen-bond donors (Lipinski definition) is 2. The molecule has 0 radical (unpaired) electrons. The van der Waals surface area contributed by atoms with Crippen LogP contribution in [0.2, 0.25) is 0 Å². The van der Waals surface area contributed by atoms with Gasteiger partial charge in [0, 0.05) is 56.8 Å². The molecule has 0 aliphatic carbocycles. The van der Waals surface area contributed by atoms with E-state index in [2.05, 4.69) is 5.32 Å². The minimum atomic E-state index is -0.0719. The first-order chi connectivity index (χ1) is 13.0. The third-order valence-electron chi connectivity index (χ3n) is 5.40. The Bertz CT molecular complexity index is 740. The van der Waals surface area contributed by atoms with Gasteiger partial charge in [-0.1, -0.05) is 0 Å². The maximum atomic E-state index is 13.1. The lowest BCUT2D eigenvalue weighted by Gasteiger charge is -2.36. The minimum absolute atomic E-state index is 0. The molecule has 3 N–H and O–H groups in total. The van der Waals surface area contributed by atoms with E-state index >= 15 is 0 Å². The van der Waals surface area contributed by atoms with Crippen LogP contribution < -0.4 is 16.0 Å². The van der Waals surface area contributed by atoms with Crippen molar-refractivity contribution in [3.63, 3.8) is 0 Å². The van der Waals surface area contributed by atoms with Gasteiger partial charge in [0.15, 0.2) is 0 Å². The molecule has 1 saturated heterocycles. The summed E-state index contributed by atoms with van der Waals surface area (Å²) >= 11 is 0. The second-order valence-corrected chi connectivity index (χ2v) is 7.26. The van der Waals surface area contributed by atoms with E-state index in [4.69, 9.17) is 5.73 Å². The summed E-state index contributed by atoms with van der Waals surface area (Å²) in [5, 5.41) is 2.89. The van der Waals surface area contributed by atoms with Gasteiger partial charge in [-0.2, -0.15) is 0 Å². The van der Waals surface area contributed by atoms with Crippen molar-refractivity contribution in [1.82, 2.24) is 10.2 Å². The highest BCUT2D eigenvalue weighted by Crippen LogP contribution is 2.30. The lowest BCUT2D eigenvalue weighted by molar-refractivity contribution is -0.121. The zero-order valence-corrected chi connectivity index (χ0v) is 17.1. The van der Waals surface area contributed by atoms with E-state index in [0.717, 1.165) is 36.9 Å². The molecule has 7 nitrogen and oxygen atoms in total. The summed E-state index contributed by atoms with van der Waals surface area (Å²) in [6.07, 6.45) is 3.99. The van der Waals surface area contributed by atoms with E-state index in [0.29, 0.717) is 38.2 Å². The fraction of sp³-hybridized carbons (Fsp3) is 0.550. The summed E-state index contributed by atoms with van der Waals surface area (Å²) in [5.41, 5.74) is 8.01. The molecular weight excluding hydrogens is 380 g/mol. The molecule has 154 valence electrons. The highest BCUT2D eigenvalue weighted by Gasteiger charge is 2.29. The normalized spacial score (nSPS) is 18.3. The van der Waals surface area contributed by atoms with Crippen LogP contribution in [0, 0.1) is 0 Å². The van der Waals surface area contributed by atoms with E-state index in [1.54, 1.807) is 17.9 Å². The van der Waals surface area contributed by atoms with Gasteiger partial charge in [-0.05, 0) is 49.4 Å². The number of hydrogen-bond acceptors (Lipinski definition) is 4. The van der Waals surface area contributed by atoms with Crippen LogP contribution >= 0.6 is 12.4 Å². The van der Waals surface area contributed by atoms with Crippen molar-refractivity contribution < 1.29 is 14.4 Å². The first kappa shape index (κ1) is 22.2. The lowest BCUT2D eigenvalue weighted by atomic mass is 9.99. The average molecular weight is 409 g/mol. The van der Waals surface area contributed by atoms with E-state index in [1.807, 2.05) is 17.0 Å². The summed E-state index contributed by atoms with van der Waals surface area (Å²) in [6, 6.07) is 5.61. The van der Waals surface area contributed by atoms with E-state index in [-0.39, 0.29) is 36.2 Å². The van der Waals surface area contributed by atoms with Crippen molar-refractivity contribution >= 4 is 35.8 Å². The quantitative estimate of drug-likeness (QED) is 0.771. The third kappa shape index (κ3) is 4.83. The Labute approximate surface area is 172 Å². The Morgan fingerprint density at radius 3 is 2.71 bits per heavy atom. The summed E-state index contributed by atoms with van der Waals surface area (Å²) in [7, 11) is 0. The van der Waals surface area contributed by atoms with Crippen molar-refractivity contribution in [2.75, 3.05) is 31.1 Å². The zero-order valence-electron chi connectivity index (χ0n) is 16.3. The molecule has 3 rings (SSSR count). The minimum Gasteiger partial charge on any atom is -0.354 e. The van der Waals surface area contributed by atoms with Crippen LogP contribution in [0.4, 0.5) is 5.69 Å². The molecule has 1 atom stereocenters. The molecule has 1 aromatic carbocycles. The number of carbonyl (C=O) groups is 3. The molecule has 0 bridgehead atoms. The largest absolute Gasteiger partial charge is 0.354 e. The van der Waals surface area contributed by atoms with Gasteiger partial charge in [-0.25, -0.2) is 0 Å². The molecule has 8 heteroatoms. The molecule has 0 spiro atoms. The van der Waals surface area contributed by atoms with Gasteiger partial charge in [0.25, 0.3) is 5.91 Å². The van der Waals surface area contributed by atoms with Crippen LogP contribution in [0.15, 0.2) is 18.2 Å². The summed E-state index contributed by atoms with van der Waals surface area (Å²) in [6.45, 7) is 3.72. The molecule has 2 heterocycles. The van der Waals surface area contributed by atoms with Gasteiger partial charge in [0.1, 0.15) is 0 Å². The number of amides is 3. The molecule has 1 aromatic rings. The predicted octanol–water partition coefficient (Wildman–Crippen LogP) is 1.48. The molecule has 2 aliphatic rings. The standard InChI is InChI=1S/C20H28N4O3.ClH/c1-14(25)23-11-8-15-12-16(5-6-18(15)23)20(27)24-10-3-2-4-17(24)13-22-19(26)7-9-21;/h5-6,12,17H,2-4,7-11,13,21H2,1H3,(H,22,26);1H. The Morgan fingerprint density at radius 2 is 2.00 bits per heavy atom. The number of rotatable bonds is 5. The zero-order chi connectivity index (χ0) is 19.4. The monoisotopic (exact) mass is 408 g/mol. The summed E-state index contributed by atoms with van der Waals surface area (Å²) in [4.78, 5) is 40.2. The Kier molecular flexibility index (Phi) is 7.83. The van der Waals surface area contributed by atoms with E-state index in [9.17, 15) is 14.4 Å². The topological polar surface area (TPSA) is 95.7 Å². The van der Waals surface area contributed by atoms with Crippen molar-refractivity contribution in [1.29, 1.82) is 0 Å². The first-order valence-corrected chi connectivity index (χ1v) is 9.70. The number of fused-ring (bicyclic) bond motifs is 1. The van der Waals surface area contributed by atoms with Crippen molar-refractivity contribution in [3.8, 4) is 0 Å². The molecule has 3 amide bonds.